The first-order valence-electron chi connectivity index (χ1n) is 9.65. The molecule has 144 valence electrons. The van der Waals surface area contributed by atoms with Crippen LogP contribution in [0.4, 0.5) is 0 Å². The van der Waals surface area contributed by atoms with Gasteiger partial charge in [0.15, 0.2) is 0 Å². The lowest BCUT2D eigenvalue weighted by Gasteiger charge is -2.18. The van der Waals surface area contributed by atoms with Crippen molar-refractivity contribution in [1.82, 2.24) is 14.7 Å². The molecule has 0 atom stereocenters. The Labute approximate surface area is 170 Å². The standard InChI is InChI=1S/C25H23N3O/c1-27(18-20-12-14-22(15-13-20)21-8-4-2-5-9-21)19-28-25(29)17-16-24(26-28)23-10-6-3-7-11-23/h2-17H,18-19H2,1H3. The van der Waals surface area contributed by atoms with Crippen LogP contribution in [0.2, 0.25) is 0 Å². The summed E-state index contributed by atoms with van der Waals surface area (Å²) in [4.78, 5) is 14.4. The predicted octanol–water partition coefficient (Wildman–Crippen LogP) is 4.67. The van der Waals surface area contributed by atoms with E-state index in [4.69, 9.17) is 0 Å². The molecule has 0 aliphatic heterocycles. The Morgan fingerprint density at radius 2 is 1.31 bits per heavy atom. The highest BCUT2D eigenvalue weighted by Crippen LogP contribution is 2.20. The molecule has 0 amide bonds. The van der Waals surface area contributed by atoms with E-state index in [1.807, 2.05) is 55.6 Å². The Kier molecular flexibility index (Phi) is 5.63. The van der Waals surface area contributed by atoms with Crippen LogP contribution in [0.1, 0.15) is 5.56 Å². The second kappa shape index (κ2) is 8.67. The minimum atomic E-state index is -0.101. The largest absolute Gasteiger partial charge is 0.283 e. The van der Waals surface area contributed by atoms with Crippen LogP contribution in [0, 0.1) is 0 Å². The van der Waals surface area contributed by atoms with Gasteiger partial charge in [0.05, 0.1) is 12.4 Å². The molecule has 0 unspecified atom stereocenters. The maximum Gasteiger partial charge on any atom is 0.268 e. The highest BCUT2D eigenvalue weighted by Gasteiger charge is 2.07. The molecule has 1 heterocycles. The number of benzene rings is 3. The maximum absolute atomic E-state index is 12.3. The third-order valence-corrected chi connectivity index (χ3v) is 4.83. The van der Waals surface area contributed by atoms with Crippen molar-refractivity contribution in [3.63, 3.8) is 0 Å². The van der Waals surface area contributed by atoms with E-state index >= 15 is 0 Å². The van der Waals surface area contributed by atoms with E-state index in [9.17, 15) is 4.79 Å². The van der Waals surface area contributed by atoms with Crippen molar-refractivity contribution in [3.8, 4) is 22.4 Å². The fourth-order valence-corrected chi connectivity index (χ4v) is 3.34. The van der Waals surface area contributed by atoms with Crippen LogP contribution in [0.15, 0.2) is 102 Å². The first-order valence-corrected chi connectivity index (χ1v) is 9.65. The summed E-state index contributed by atoms with van der Waals surface area (Å²) in [7, 11) is 1.99. The minimum Gasteiger partial charge on any atom is -0.283 e. The second-order valence-electron chi connectivity index (χ2n) is 7.14. The molecule has 0 radical (unpaired) electrons. The molecule has 0 aliphatic rings. The Balaban J connectivity index is 1.46. The minimum absolute atomic E-state index is 0.101. The number of rotatable bonds is 6. The Morgan fingerprint density at radius 3 is 1.97 bits per heavy atom. The molecule has 1 aromatic heterocycles. The zero-order chi connectivity index (χ0) is 20.1. The van der Waals surface area contributed by atoms with Crippen LogP contribution in [0.25, 0.3) is 22.4 Å². The molecule has 4 nitrogen and oxygen atoms in total. The van der Waals surface area contributed by atoms with Gasteiger partial charge in [0.1, 0.15) is 0 Å². The average Bonchev–Trinajstić information content (AvgIpc) is 2.77. The molecule has 0 aliphatic carbocycles. The predicted molar refractivity (Wildman–Crippen MR) is 117 cm³/mol. The van der Waals surface area contributed by atoms with E-state index < -0.39 is 0 Å². The fourth-order valence-electron chi connectivity index (χ4n) is 3.34. The summed E-state index contributed by atoms with van der Waals surface area (Å²) in [5.74, 6) is 0. The molecule has 3 aromatic carbocycles. The summed E-state index contributed by atoms with van der Waals surface area (Å²) in [6.07, 6.45) is 0. The Bertz CT molecular complexity index is 1120. The van der Waals surface area contributed by atoms with Gasteiger partial charge in [-0.2, -0.15) is 5.10 Å². The normalized spacial score (nSPS) is 11.0. The van der Waals surface area contributed by atoms with Gasteiger partial charge in [-0.3, -0.25) is 9.69 Å². The van der Waals surface area contributed by atoms with Crippen molar-refractivity contribution in [2.45, 2.75) is 13.2 Å². The van der Waals surface area contributed by atoms with E-state index in [1.165, 1.54) is 21.4 Å². The summed E-state index contributed by atoms with van der Waals surface area (Å²) in [6.45, 7) is 1.17. The maximum atomic E-state index is 12.3. The lowest BCUT2D eigenvalue weighted by Crippen LogP contribution is -2.31. The molecule has 0 spiro atoms. The van der Waals surface area contributed by atoms with Crippen LogP contribution in [-0.2, 0) is 13.2 Å². The van der Waals surface area contributed by atoms with Gasteiger partial charge < -0.3 is 0 Å². The molecule has 4 aromatic rings. The van der Waals surface area contributed by atoms with Gasteiger partial charge in [-0.25, -0.2) is 4.68 Å². The lowest BCUT2D eigenvalue weighted by atomic mass is 10.0. The quantitative estimate of drug-likeness (QED) is 0.487. The summed E-state index contributed by atoms with van der Waals surface area (Å²) in [5.41, 5.74) is 5.30. The Hall–Kier alpha value is -3.50. The van der Waals surface area contributed by atoms with Crippen LogP contribution in [-0.4, -0.2) is 21.7 Å². The second-order valence-corrected chi connectivity index (χ2v) is 7.14. The third-order valence-electron chi connectivity index (χ3n) is 4.83. The molecular weight excluding hydrogens is 358 g/mol. The molecule has 29 heavy (non-hydrogen) atoms. The molecule has 0 N–H and O–H groups in total. The zero-order valence-electron chi connectivity index (χ0n) is 16.4. The molecule has 4 heteroatoms. The van der Waals surface area contributed by atoms with Crippen molar-refractivity contribution >= 4 is 0 Å². The van der Waals surface area contributed by atoms with E-state index in [2.05, 4.69) is 46.4 Å². The fraction of sp³-hybridized carbons (Fsp3) is 0.120. The number of hydrogen-bond acceptors (Lipinski definition) is 3. The number of nitrogens with zero attached hydrogens (tertiary/aromatic N) is 3. The van der Waals surface area contributed by atoms with E-state index in [-0.39, 0.29) is 5.56 Å². The molecule has 0 saturated heterocycles. The molecule has 4 rings (SSSR count). The van der Waals surface area contributed by atoms with Crippen molar-refractivity contribution in [2.24, 2.45) is 0 Å². The van der Waals surface area contributed by atoms with Gasteiger partial charge in [-0.15, -0.1) is 0 Å². The SMILES string of the molecule is CN(Cc1ccc(-c2ccccc2)cc1)Cn1nc(-c2ccccc2)ccc1=O. The van der Waals surface area contributed by atoms with Gasteiger partial charge in [-0.05, 0) is 29.8 Å². The van der Waals surface area contributed by atoms with Crippen LogP contribution < -0.4 is 5.56 Å². The van der Waals surface area contributed by atoms with Crippen molar-refractivity contribution < 1.29 is 0 Å². The monoisotopic (exact) mass is 381 g/mol. The van der Waals surface area contributed by atoms with Gasteiger partial charge in [0, 0.05) is 18.2 Å². The van der Waals surface area contributed by atoms with Gasteiger partial charge in [0.2, 0.25) is 0 Å². The smallest absolute Gasteiger partial charge is 0.268 e. The highest BCUT2D eigenvalue weighted by atomic mass is 16.1. The van der Waals surface area contributed by atoms with E-state index in [0.717, 1.165) is 17.8 Å². The van der Waals surface area contributed by atoms with Crippen LogP contribution in [0.3, 0.4) is 0 Å². The van der Waals surface area contributed by atoms with Crippen LogP contribution >= 0.6 is 0 Å². The lowest BCUT2D eigenvalue weighted by molar-refractivity contribution is 0.240. The summed E-state index contributed by atoms with van der Waals surface area (Å²) >= 11 is 0. The number of aromatic nitrogens is 2. The van der Waals surface area contributed by atoms with Crippen molar-refractivity contribution in [3.05, 3.63) is 113 Å². The van der Waals surface area contributed by atoms with Gasteiger partial charge in [0.25, 0.3) is 5.56 Å². The topological polar surface area (TPSA) is 38.1 Å². The summed E-state index contributed by atoms with van der Waals surface area (Å²) in [6, 6.07) is 32.1. The molecule has 0 saturated carbocycles. The summed E-state index contributed by atoms with van der Waals surface area (Å²) < 4.78 is 1.51. The molecule has 0 fully saturated rings. The zero-order valence-corrected chi connectivity index (χ0v) is 16.4. The van der Waals surface area contributed by atoms with Crippen molar-refractivity contribution in [2.75, 3.05) is 7.05 Å². The first kappa shape index (κ1) is 18.8. The van der Waals surface area contributed by atoms with Gasteiger partial charge >= 0.3 is 0 Å². The molecular formula is C25H23N3O. The van der Waals surface area contributed by atoms with Crippen molar-refractivity contribution in [1.29, 1.82) is 0 Å². The van der Waals surface area contributed by atoms with E-state index in [1.54, 1.807) is 12.1 Å². The number of hydrogen-bond donors (Lipinski definition) is 0. The van der Waals surface area contributed by atoms with Gasteiger partial charge in [-0.1, -0.05) is 84.9 Å². The third kappa shape index (κ3) is 4.68. The Morgan fingerprint density at radius 1 is 0.724 bits per heavy atom. The van der Waals surface area contributed by atoms with Crippen LogP contribution in [0.5, 0.6) is 0 Å². The average molecular weight is 381 g/mol. The molecule has 0 bridgehead atoms. The van der Waals surface area contributed by atoms with E-state index in [0.29, 0.717) is 6.67 Å². The first-order chi connectivity index (χ1) is 14.2. The summed E-state index contributed by atoms with van der Waals surface area (Å²) in [5, 5.41) is 4.54. The highest BCUT2D eigenvalue weighted by molar-refractivity contribution is 5.63.